The van der Waals surface area contributed by atoms with Crippen molar-refractivity contribution in [3.63, 3.8) is 0 Å². The van der Waals surface area contributed by atoms with Crippen LogP contribution >= 0.6 is 0 Å². The van der Waals surface area contributed by atoms with Gasteiger partial charge in [-0.05, 0) is 43.0 Å². The first-order valence-corrected chi connectivity index (χ1v) is 15.3. The van der Waals surface area contributed by atoms with E-state index in [4.69, 9.17) is 4.74 Å². The minimum atomic E-state index is -0.646. The zero-order valence-corrected chi connectivity index (χ0v) is 24.7. The van der Waals surface area contributed by atoms with Gasteiger partial charge in [-0.3, -0.25) is 28.9 Å². The van der Waals surface area contributed by atoms with E-state index in [1.165, 1.54) is 4.90 Å². The minimum absolute atomic E-state index is 0.000356. The van der Waals surface area contributed by atoms with Crippen molar-refractivity contribution >= 4 is 29.5 Å². The van der Waals surface area contributed by atoms with E-state index >= 15 is 0 Å². The highest BCUT2D eigenvalue weighted by molar-refractivity contribution is 6.21. The molecule has 3 aliphatic heterocycles. The first kappa shape index (κ1) is 28.9. The number of ether oxygens (including phenoxy) is 1. The molecule has 5 amide bonds. The van der Waals surface area contributed by atoms with Crippen LogP contribution in [0.25, 0.3) is 0 Å². The molecule has 0 aromatic heterocycles. The summed E-state index contributed by atoms with van der Waals surface area (Å²) >= 11 is 0. The zero-order valence-electron chi connectivity index (χ0n) is 24.7. The standard InChI is InChI=1S/C33H38N4O6/c1-20(38)35-16-15-22(18-35)43-28-13-7-8-21-14-17-36(31(40)24-10-4-3-9-23(24)30(39)34-2)27(29(21)28)19-37-32(41)25-11-5-6-12-26(25)33(37)42/h5-8,11-13,22-24,27H,3-4,9-10,14-19H2,1-2H3,(H,34,39)/t22?,23-,24?,27-/m1/s1. The molecular formula is C33H38N4O6. The molecule has 6 rings (SSSR count). The molecule has 1 saturated carbocycles. The van der Waals surface area contributed by atoms with Gasteiger partial charge in [0, 0.05) is 50.9 Å². The third-order valence-corrected chi connectivity index (χ3v) is 9.55. The summed E-state index contributed by atoms with van der Waals surface area (Å²) < 4.78 is 6.53. The number of rotatable bonds is 6. The Hall–Kier alpha value is -4.21. The van der Waals surface area contributed by atoms with Crippen LogP contribution in [-0.2, 0) is 20.8 Å². The summed E-state index contributed by atoms with van der Waals surface area (Å²) in [6, 6.07) is 11.9. The van der Waals surface area contributed by atoms with Crippen LogP contribution in [0.15, 0.2) is 42.5 Å². The van der Waals surface area contributed by atoms with E-state index in [-0.39, 0.29) is 42.2 Å². The van der Waals surface area contributed by atoms with Crippen LogP contribution in [-0.4, -0.2) is 83.6 Å². The molecule has 3 heterocycles. The van der Waals surface area contributed by atoms with Crippen molar-refractivity contribution in [1.82, 2.24) is 20.0 Å². The normalized spacial score (nSPS) is 24.9. The Morgan fingerprint density at radius 1 is 0.907 bits per heavy atom. The van der Waals surface area contributed by atoms with Crippen molar-refractivity contribution in [3.05, 3.63) is 64.7 Å². The molecule has 43 heavy (non-hydrogen) atoms. The number of imide groups is 1. The van der Waals surface area contributed by atoms with E-state index in [0.717, 1.165) is 24.0 Å². The van der Waals surface area contributed by atoms with Crippen LogP contribution in [0, 0.1) is 11.8 Å². The lowest BCUT2D eigenvalue weighted by molar-refractivity contribution is -0.146. The quantitative estimate of drug-likeness (QED) is 0.521. The fourth-order valence-corrected chi connectivity index (χ4v) is 7.30. The molecule has 1 N–H and O–H groups in total. The van der Waals surface area contributed by atoms with Gasteiger partial charge >= 0.3 is 0 Å². The summed E-state index contributed by atoms with van der Waals surface area (Å²) in [5.41, 5.74) is 2.49. The van der Waals surface area contributed by atoms with Gasteiger partial charge in [0.1, 0.15) is 11.9 Å². The highest BCUT2D eigenvalue weighted by Gasteiger charge is 2.45. The lowest BCUT2D eigenvalue weighted by Crippen LogP contribution is -2.51. The number of hydrogen-bond acceptors (Lipinski definition) is 6. The molecule has 10 nitrogen and oxygen atoms in total. The Labute approximate surface area is 251 Å². The van der Waals surface area contributed by atoms with E-state index in [0.29, 0.717) is 62.2 Å². The van der Waals surface area contributed by atoms with Crippen LogP contribution in [0.3, 0.4) is 0 Å². The third-order valence-electron chi connectivity index (χ3n) is 9.55. The summed E-state index contributed by atoms with van der Waals surface area (Å²) in [5.74, 6) is -1.33. The van der Waals surface area contributed by atoms with Crippen LogP contribution in [0.5, 0.6) is 5.75 Å². The molecule has 1 saturated heterocycles. The molecule has 10 heteroatoms. The maximum absolute atomic E-state index is 14.4. The number of nitrogens with zero attached hydrogens (tertiary/aromatic N) is 3. The molecule has 1 aliphatic carbocycles. The summed E-state index contributed by atoms with van der Waals surface area (Å²) in [6.07, 6.45) is 4.06. The molecular weight excluding hydrogens is 548 g/mol. The molecule has 2 unspecified atom stereocenters. The first-order valence-electron chi connectivity index (χ1n) is 15.3. The predicted octanol–water partition coefficient (Wildman–Crippen LogP) is 2.96. The number of benzene rings is 2. The second-order valence-electron chi connectivity index (χ2n) is 12.0. The molecule has 0 radical (unpaired) electrons. The van der Waals surface area contributed by atoms with Gasteiger partial charge in [0.25, 0.3) is 11.8 Å². The van der Waals surface area contributed by atoms with Crippen LogP contribution in [0.4, 0.5) is 0 Å². The summed E-state index contributed by atoms with van der Waals surface area (Å²) in [7, 11) is 1.60. The Bertz CT molecular complexity index is 1440. The van der Waals surface area contributed by atoms with Crippen molar-refractivity contribution in [2.24, 2.45) is 11.8 Å². The van der Waals surface area contributed by atoms with Gasteiger partial charge in [0.15, 0.2) is 0 Å². The number of likely N-dealkylation sites (tertiary alicyclic amines) is 1. The van der Waals surface area contributed by atoms with Crippen LogP contribution < -0.4 is 10.1 Å². The summed E-state index contributed by atoms with van der Waals surface area (Å²) in [4.78, 5) is 71.0. The molecule has 2 fully saturated rings. The number of fused-ring (bicyclic) bond motifs is 2. The van der Waals surface area contributed by atoms with Crippen LogP contribution in [0.2, 0.25) is 0 Å². The molecule has 226 valence electrons. The predicted molar refractivity (Wildman–Crippen MR) is 157 cm³/mol. The lowest BCUT2D eigenvalue weighted by atomic mass is 9.77. The summed E-state index contributed by atoms with van der Waals surface area (Å²) in [5, 5.41) is 2.74. The average Bonchev–Trinajstić information content (AvgIpc) is 3.59. The SMILES string of the molecule is CNC(=O)[C@@H]1CCCCC1C(=O)N1CCc2cccc(OC3CCN(C(C)=O)C3)c2[C@H]1CN1C(=O)c2ccccc2C1=O. The lowest BCUT2D eigenvalue weighted by Gasteiger charge is -2.43. The van der Waals surface area contributed by atoms with Crippen molar-refractivity contribution in [2.45, 2.75) is 57.6 Å². The Balaban J connectivity index is 1.37. The van der Waals surface area contributed by atoms with Gasteiger partial charge in [-0.25, -0.2) is 0 Å². The van der Waals surface area contributed by atoms with Gasteiger partial charge in [0.05, 0.1) is 30.3 Å². The molecule has 2 aromatic carbocycles. The molecule has 0 spiro atoms. The number of hydrogen-bond donors (Lipinski definition) is 1. The second-order valence-corrected chi connectivity index (χ2v) is 12.0. The smallest absolute Gasteiger partial charge is 0.261 e. The Kier molecular flexibility index (Phi) is 7.94. The van der Waals surface area contributed by atoms with Gasteiger partial charge < -0.3 is 19.9 Å². The van der Waals surface area contributed by atoms with Crippen molar-refractivity contribution in [1.29, 1.82) is 0 Å². The highest BCUT2D eigenvalue weighted by Crippen LogP contribution is 2.42. The highest BCUT2D eigenvalue weighted by atomic mass is 16.5. The number of nitrogens with one attached hydrogen (secondary N) is 1. The van der Waals surface area contributed by atoms with Crippen molar-refractivity contribution in [3.8, 4) is 5.75 Å². The van der Waals surface area contributed by atoms with Crippen molar-refractivity contribution < 1.29 is 28.7 Å². The van der Waals surface area contributed by atoms with Gasteiger partial charge in [-0.2, -0.15) is 0 Å². The Morgan fingerprint density at radius 3 is 2.26 bits per heavy atom. The number of carbonyl (C=O) groups is 5. The fourth-order valence-electron chi connectivity index (χ4n) is 7.30. The Morgan fingerprint density at radius 2 is 1.60 bits per heavy atom. The zero-order chi connectivity index (χ0) is 30.2. The maximum Gasteiger partial charge on any atom is 0.261 e. The topological polar surface area (TPSA) is 116 Å². The molecule has 4 aliphatic rings. The van der Waals surface area contributed by atoms with Gasteiger partial charge in [-0.1, -0.05) is 37.1 Å². The number of amides is 5. The van der Waals surface area contributed by atoms with E-state index in [1.54, 1.807) is 48.0 Å². The third kappa shape index (κ3) is 5.28. The second kappa shape index (κ2) is 11.8. The van der Waals surface area contributed by atoms with E-state index in [1.807, 2.05) is 18.2 Å². The maximum atomic E-state index is 14.4. The van der Waals surface area contributed by atoms with E-state index in [9.17, 15) is 24.0 Å². The van der Waals surface area contributed by atoms with Gasteiger partial charge in [0.2, 0.25) is 17.7 Å². The molecule has 0 bridgehead atoms. The van der Waals surface area contributed by atoms with E-state index < -0.39 is 17.9 Å². The van der Waals surface area contributed by atoms with E-state index in [2.05, 4.69) is 5.32 Å². The number of carbonyl (C=O) groups excluding carboxylic acids is 5. The van der Waals surface area contributed by atoms with Crippen LogP contribution in [0.1, 0.15) is 76.9 Å². The largest absolute Gasteiger partial charge is 0.488 e. The van der Waals surface area contributed by atoms with Gasteiger partial charge in [-0.15, -0.1) is 0 Å². The molecule has 2 aromatic rings. The van der Waals surface area contributed by atoms with Crippen molar-refractivity contribution in [2.75, 3.05) is 33.2 Å². The first-order chi connectivity index (χ1) is 20.8. The average molecular weight is 587 g/mol. The fraction of sp³-hybridized carbons (Fsp3) is 0.485. The summed E-state index contributed by atoms with van der Waals surface area (Å²) in [6.45, 7) is 3.02. The molecule has 4 atom stereocenters. The minimum Gasteiger partial charge on any atom is -0.488 e. The monoisotopic (exact) mass is 586 g/mol.